The van der Waals surface area contributed by atoms with Gasteiger partial charge in [-0.3, -0.25) is 19.3 Å². The molecule has 1 aliphatic heterocycles. The first-order chi connectivity index (χ1) is 9.49. The number of carboxylic acid groups (broad SMARTS) is 1. The first kappa shape index (κ1) is 15.5. The van der Waals surface area contributed by atoms with Crippen LogP contribution in [-0.2, 0) is 14.4 Å². The summed E-state index contributed by atoms with van der Waals surface area (Å²) in [6.45, 7) is 1.75. The fraction of sp³-hybridized carbons (Fsp3) is 0.400. The zero-order valence-corrected chi connectivity index (χ0v) is 11.1. The van der Waals surface area contributed by atoms with Crippen LogP contribution in [0.15, 0.2) is 12.2 Å². The third-order valence-electron chi connectivity index (χ3n) is 2.97. The Morgan fingerprint density at radius 1 is 1.40 bits per heavy atom. The third kappa shape index (κ3) is 4.00. The molecule has 0 aromatic heterocycles. The van der Waals surface area contributed by atoms with Gasteiger partial charge in [-0.1, -0.05) is 5.92 Å². The molecule has 0 aromatic rings. The molecular weight excluding hydrogens is 258 g/mol. The average molecular weight is 273 g/mol. The predicted octanol–water partition coefficient (Wildman–Crippen LogP) is 0.665. The minimum absolute atomic E-state index is 0.186. The predicted molar refractivity (Wildman–Crippen MR) is 72.0 cm³/mol. The molecule has 0 radical (unpaired) electrons. The largest absolute Gasteiger partial charge is 0.480 e. The number of amides is 2. The molecule has 5 nitrogen and oxygen atoms in total. The highest BCUT2D eigenvalue weighted by atomic mass is 16.4. The lowest BCUT2D eigenvalue weighted by molar-refractivity contribution is -0.141. The summed E-state index contributed by atoms with van der Waals surface area (Å²) in [5.74, 6) is 4.72. The van der Waals surface area contributed by atoms with Gasteiger partial charge < -0.3 is 5.11 Å². The average Bonchev–Trinajstić information content (AvgIpc) is 2.73. The van der Waals surface area contributed by atoms with Gasteiger partial charge in [0.05, 0.1) is 0 Å². The van der Waals surface area contributed by atoms with Crippen LogP contribution in [-0.4, -0.2) is 34.3 Å². The van der Waals surface area contributed by atoms with Crippen LogP contribution in [0.1, 0.15) is 19.8 Å². The van der Waals surface area contributed by atoms with Crippen LogP contribution in [0.25, 0.3) is 0 Å². The molecule has 0 aromatic carbocycles. The quantitative estimate of drug-likeness (QED) is 0.570. The number of nitrogens with zero attached hydrogens (tertiary/aromatic N) is 1. The monoisotopic (exact) mass is 273 g/mol. The van der Waals surface area contributed by atoms with Crippen LogP contribution >= 0.6 is 0 Å². The standard InChI is InChI=1S/C15H15NO4/c1-3-5-12(15(19)20)10-11(4-2)8-9-16-13(17)6-7-14(16)18/h2,6-7,11-12H,8-10H2,1H3,(H,19,20). The van der Waals surface area contributed by atoms with Crippen molar-refractivity contribution in [2.24, 2.45) is 11.8 Å². The molecule has 20 heavy (non-hydrogen) atoms. The number of terminal acetylenes is 1. The number of aliphatic carboxylic acids is 1. The second-order valence-corrected chi connectivity index (χ2v) is 4.33. The Balaban J connectivity index is 2.57. The maximum atomic E-state index is 11.4. The van der Waals surface area contributed by atoms with Gasteiger partial charge in [0.25, 0.3) is 11.8 Å². The highest BCUT2D eigenvalue weighted by Crippen LogP contribution is 2.17. The Hall–Kier alpha value is -2.53. The van der Waals surface area contributed by atoms with Gasteiger partial charge in [-0.15, -0.1) is 18.3 Å². The Bertz CT molecular complexity index is 526. The van der Waals surface area contributed by atoms with E-state index in [-0.39, 0.29) is 30.7 Å². The molecule has 2 atom stereocenters. The second-order valence-electron chi connectivity index (χ2n) is 4.33. The minimum Gasteiger partial charge on any atom is -0.480 e. The molecule has 2 unspecified atom stereocenters. The Morgan fingerprint density at radius 3 is 2.45 bits per heavy atom. The highest BCUT2D eigenvalue weighted by molar-refractivity contribution is 6.12. The van der Waals surface area contributed by atoms with Crippen LogP contribution in [0.3, 0.4) is 0 Å². The molecule has 5 heteroatoms. The summed E-state index contributed by atoms with van der Waals surface area (Å²) in [7, 11) is 0. The van der Waals surface area contributed by atoms with E-state index in [0.717, 1.165) is 4.90 Å². The van der Waals surface area contributed by atoms with E-state index in [4.69, 9.17) is 11.5 Å². The number of hydrogen-bond acceptors (Lipinski definition) is 3. The van der Waals surface area contributed by atoms with E-state index in [1.54, 1.807) is 6.92 Å². The van der Waals surface area contributed by atoms with Crippen molar-refractivity contribution in [3.63, 3.8) is 0 Å². The van der Waals surface area contributed by atoms with Crippen LogP contribution in [0.4, 0.5) is 0 Å². The van der Waals surface area contributed by atoms with Gasteiger partial charge in [-0.2, -0.15) is 0 Å². The van der Waals surface area contributed by atoms with Gasteiger partial charge in [0.2, 0.25) is 0 Å². The van der Waals surface area contributed by atoms with Gasteiger partial charge in [-0.25, -0.2) is 0 Å². The van der Waals surface area contributed by atoms with Gasteiger partial charge in [0.1, 0.15) is 5.92 Å². The van der Waals surface area contributed by atoms with Gasteiger partial charge >= 0.3 is 5.97 Å². The lowest BCUT2D eigenvalue weighted by Crippen LogP contribution is -2.32. The Labute approximate surface area is 117 Å². The van der Waals surface area contributed by atoms with E-state index < -0.39 is 11.9 Å². The van der Waals surface area contributed by atoms with Gasteiger partial charge in [-0.05, 0) is 19.8 Å². The lowest BCUT2D eigenvalue weighted by Gasteiger charge is -2.17. The fourth-order valence-electron chi connectivity index (χ4n) is 1.89. The van der Waals surface area contributed by atoms with E-state index in [9.17, 15) is 14.4 Å². The van der Waals surface area contributed by atoms with Crippen molar-refractivity contribution in [1.29, 1.82) is 0 Å². The molecule has 1 N–H and O–H groups in total. The fourth-order valence-corrected chi connectivity index (χ4v) is 1.89. The van der Waals surface area contributed by atoms with Crippen LogP contribution < -0.4 is 0 Å². The van der Waals surface area contributed by atoms with E-state index in [1.807, 2.05) is 0 Å². The molecule has 0 saturated heterocycles. The topological polar surface area (TPSA) is 74.7 Å². The second kappa shape index (κ2) is 7.16. The molecule has 0 bridgehead atoms. The van der Waals surface area contributed by atoms with Crippen molar-refractivity contribution in [2.75, 3.05) is 6.54 Å². The molecule has 1 aliphatic rings. The normalized spacial score (nSPS) is 16.3. The number of carbonyl (C=O) groups is 3. The van der Waals surface area contributed by atoms with Crippen molar-refractivity contribution in [2.45, 2.75) is 19.8 Å². The molecule has 0 aliphatic carbocycles. The van der Waals surface area contributed by atoms with Gasteiger partial charge in [0, 0.05) is 24.6 Å². The van der Waals surface area contributed by atoms with Crippen molar-refractivity contribution >= 4 is 17.8 Å². The summed E-state index contributed by atoms with van der Waals surface area (Å²) < 4.78 is 0. The maximum Gasteiger partial charge on any atom is 0.318 e. The summed E-state index contributed by atoms with van der Waals surface area (Å²) in [5, 5.41) is 9.01. The zero-order valence-electron chi connectivity index (χ0n) is 11.1. The summed E-state index contributed by atoms with van der Waals surface area (Å²) in [4.78, 5) is 34.8. The van der Waals surface area contributed by atoms with E-state index in [0.29, 0.717) is 6.42 Å². The van der Waals surface area contributed by atoms with Crippen molar-refractivity contribution in [1.82, 2.24) is 4.90 Å². The molecule has 1 rings (SSSR count). The smallest absolute Gasteiger partial charge is 0.318 e. The van der Waals surface area contributed by atoms with Crippen molar-refractivity contribution in [3.8, 4) is 24.2 Å². The highest BCUT2D eigenvalue weighted by Gasteiger charge is 2.25. The van der Waals surface area contributed by atoms with E-state index in [1.165, 1.54) is 12.2 Å². The maximum absolute atomic E-state index is 11.4. The van der Waals surface area contributed by atoms with Crippen LogP contribution in [0, 0.1) is 36.0 Å². The summed E-state index contributed by atoms with van der Waals surface area (Å²) in [5.41, 5.74) is 0. The first-order valence-corrected chi connectivity index (χ1v) is 6.14. The number of carboxylic acids is 1. The Kier molecular flexibility index (Phi) is 5.56. The molecular formula is C15H15NO4. The van der Waals surface area contributed by atoms with Gasteiger partial charge in [0.15, 0.2) is 0 Å². The number of imide groups is 1. The summed E-state index contributed by atoms with van der Waals surface area (Å²) in [6, 6.07) is 0. The lowest BCUT2D eigenvalue weighted by atomic mass is 9.92. The van der Waals surface area contributed by atoms with Crippen LogP contribution in [0.2, 0.25) is 0 Å². The number of carbonyl (C=O) groups excluding carboxylic acids is 2. The minimum atomic E-state index is -1.02. The van der Waals surface area contributed by atoms with E-state index in [2.05, 4.69) is 17.8 Å². The summed E-state index contributed by atoms with van der Waals surface area (Å²) in [6.07, 6.45) is 8.36. The zero-order chi connectivity index (χ0) is 15.1. The van der Waals surface area contributed by atoms with Crippen molar-refractivity contribution in [3.05, 3.63) is 12.2 Å². The Morgan fingerprint density at radius 2 is 2.00 bits per heavy atom. The molecule has 0 saturated carbocycles. The molecule has 0 spiro atoms. The first-order valence-electron chi connectivity index (χ1n) is 6.14. The third-order valence-corrected chi connectivity index (χ3v) is 2.97. The van der Waals surface area contributed by atoms with E-state index >= 15 is 0 Å². The number of rotatable bonds is 6. The molecule has 0 fully saturated rings. The summed E-state index contributed by atoms with van der Waals surface area (Å²) >= 11 is 0. The molecule has 104 valence electrons. The molecule has 1 heterocycles. The number of hydrogen-bond donors (Lipinski definition) is 1. The van der Waals surface area contributed by atoms with Crippen molar-refractivity contribution < 1.29 is 19.5 Å². The van der Waals surface area contributed by atoms with Crippen LogP contribution in [0.5, 0.6) is 0 Å². The SMILES string of the molecule is C#CC(CCN1C(=O)C=CC1=O)CC(C#CC)C(=O)O. The molecule has 2 amide bonds.